The van der Waals surface area contributed by atoms with Crippen molar-refractivity contribution < 1.29 is 22.4 Å². The first-order valence-electron chi connectivity index (χ1n) is 9.87. The second-order valence-corrected chi connectivity index (χ2v) is 9.10. The number of hydrogen-bond donors (Lipinski definition) is 1. The van der Waals surface area contributed by atoms with E-state index >= 15 is 0 Å². The summed E-state index contributed by atoms with van der Waals surface area (Å²) < 4.78 is 37.9. The summed E-state index contributed by atoms with van der Waals surface area (Å²) in [5, 5.41) is 3.23. The summed E-state index contributed by atoms with van der Waals surface area (Å²) in [5.74, 6) is 0.187. The van der Waals surface area contributed by atoms with E-state index in [0.717, 1.165) is 4.31 Å². The highest BCUT2D eigenvalue weighted by Gasteiger charge is 2.25. The van der Waals surface area contributed by atoms with Gasteiger partial charge in [-0.3, -0.25) is 9.10 Å². The van der Waals surface area contributed by atoms with E-state index in [0.29, 0.717) is 16.8 Å². The van der Waals surface area contributed by atoms with Crippen molar-refractivity contribution in [2.75, 3.05) is 23.8 Å². The van der Waals surface area contributed by atoms with Gasteiger partial charge in [-0.2, -0.15) is 0 Å². The number of sulfonamides is 1. The Morgan fingerprint density at radius 2 is 1.70 bits per heavy atom. The molecule has 0 unspecified atom stereocenters. The standard InChI is InChI=1S/C24H20N2O6S/c1-26(33(29,30)19-12-13-22-16(15-19)7-14-23(27)32-22)21-6-4-3-5-20(21)24(28)25-17-8-10-18(31-2)11-9-17/h3-15H,1-2H3,(H,25,28). The van der Waals surface area contributed by atoms with E-state index in [9.17, 15) is 18.0 Å². The molecule has 1 amide bonds. The van der Waals surface area contributed by atoms with Gasteiger partial charge >= 0.3 is 5.63 Å². The number of hydrogen-bond acceptors (Lipinski definition) is 6. The molecule has 0 saturated carbocycles. The SMILES string of the molecule is COc1ccc(NC(=O)c2ccccc2N(C)S(=O)(=O)c2ccc3oc(=O)ccc3c2)cc1. The van der Waals surface area contributed by atoms with Gasteiger partial charge in [0.2, 0.25) is 0 Å². The number of anilines is 2. The minimum atomic E-state index is -4.01. The third-order valence-electron chi connectivity index (χ3n) is 5.08. The average Bonchev–Trinajstić information content (AvgIpc) is 2.83. The zero-order chi connectivity index (χ0) is 23.6. The minimum absolute atomic E-state index is 0.00304. The Kier molecular flexibility index (Phi) is 5.89. The van der Waals surface area contributed by atoms with Crippen LogP contribution in [-0.4, -0.2) is 28.5 Å². The molecule has 1 N–H and O–H groups in total. The zero-order valence-corrected chi connectivity index (χ0v) is 18.6. The van der Waals surface area contributed by atoms with Crippen molar-refractivity contribution in [2.24, 2.45) is 0 Å². The van der Waals surface area contributed by atoms with Crippen molar-refractivity contribution in [1.29, 1.82) is 0 Å². The van der Waals surface area contributed by atoms with Gasteiger partial charge in [0.1, 0.15) is 11.3 Å². The van der Waals surface area contributed by atoms with Crippen molar-refractivity contribution >= 4 is 38.3 Å². The molecule has 0 aliphatic rings. The molecule has 1 aromatic heterocycles. The van der Waals surface area contributed by atoms with Crippen molar-refractivity contribution in [1.82, 2.24) is 0 Å². The molecule has 4 aromatic rings. The third-order valence-corrected chi connectivity index (χ3v) is 6.85. The number of carbonyl (C=O) groups excluding carboxylic acids is 1. The number of fused-ring (bicyclic) bond motifs is 1. The molecule has 4 rings (SSSR count). The van der Waals surface area contributed by atoms with Crippen LogP contribution >= 0.6 is 0 Å². The first kappa shape index (κ1) is 22.1. The number of ether oxygens (including phenoxy) is 1. The van der Waals surface area contributed by atoms with Crippen LogP contribution in [0.25, 0.3) is 11.0 Å². The lowest BCUT2D eigenvalue weighted by molar-refractivity contribution is 0.102. The molecule has 3 aromatic carbocycles. The summed E-state index contributed by atoms with van der Waals surface area (Å²) in [4.78, 5) is 24.3. The van der Waals surface area contributed by atoms with E-state index in [2.05, 4.69) is 5.32 Å². The second kappa shape index (κ2) is 8.79. The summed E-state index contributed by atoms with van der Waals surface area (Å²) in [6.07, 6.45) is 0. The van der Waals surface area contributed by atoms with Crippen LogP contribution in [0.1, 0.15) is 10.4 Å². The maximum atomic E-state index is 13.3. The van der Waals surface area contributed by atoms with E-state index in [1.807, 2.05) is 0 Å². The molecule has 0 aliphatic carbocycles. The van der Waals surface area contributed by atoms with Crippen LogP contribution < -0.4 is 20.0 Å². The van der Waals surface area contributed by atoms with E-state index in [4.69, 9.17) is 9.15 Å². The number of benzene rings is 3. The Morgan fingerprint density at radius 3 is 2.42 bits per heavy atom. The summed E-state index contributed by atoms with van der Waals surface area (Å²) in [7, 11) is -1.09. The molecular weight excluding hydrogens is 444 g/mol. The Hall–Kier alpha value is -4.11. The highest BCUT2D eigenvalue weighted by molar-refractivity contribution is 7.92. The Balaban J connectivity index is 1.66. The van der Waals surface area contributed by atoms with Crippen LogP contribution in [0.3, 0.4) is 0 Å². The quantitative estimate of drug-likeness (QED) is 0.434. The number of methoxy groups -OCH3 is 1. The lowest BCUT2D eigenvalue weighted by Gasteiger charge is -2.22. The Bertz CT molecular complexity index is 1490. The van der Waals surface area contributed by atoms with Crippen LogP contribution in [0.15, 0.2) is 93.0 Å². The van der Waals surface area contributed by atoms with Gasteiger partial charge in [0.25, 0.3) is 15.9 Å². The van der Waals surface area contributed by atoms with E-state index in [1.165, 1.54) is 37.4 Å². The maximum absolute atomic E-state index is 13.3. The number of carbonyl (C=O) groups is 1. The van der Waals surface area contributed by atoms with Gasteiger partial charge in [0.15, 0.2) is 0 Å². The fourth-order valence-corrected chi connectivity index (χ4v) is 4.56. The summed E-state index contributed by atoms with van der Waals surface area (Å²) in [5.41, 5.74) is 0.696. The minimum Gasteiger partial charge on any atom is -0.497 e. The van der Waals surface area contributed by atoms with Crippen molar-refractivity contribution in [2.45, 2.75) is 4.90 Å². The molecule has 33 heavy (non-hydrogen) atoms. The van der Waals surface area contributed by atoms with E-state index < -0.39 is 21.6 Å². The molecular formula is C24H20N2O6S. The second-order valence-electron chi connectivity index (χ2n) is 7.13. The molecule has 8 nitrogen and oxygen atoms in total. The number of para-hydroxylation sites is 1. The molecule has 9 heteroatoms. The number of rotatable bonds is 6. The summed E-state index contributed by atoms with van der Waals surface area (Å²) in [6, 6.07) is 20.1. The van der Waals surface area contributed by atoms with Crippen molar-refractivity contribution in [3.8, 4) is 5.75 Å². The number of amides is 1. The van der Waals surface area contributed by atoms with Crippen LogP contribution in [0.2, 0.25) is 0 Å². The van der Waals surface area contributed by atoms with Gasteiger partial charge in [-0.1, -0.05) is 12.1 Å². The molecule has 0 spiro atoms. The van der Waals surface area contributed by atoms with Gasteiger partial charge in [-0.15, -0.1) is 0 Å². The average molecular weight is 464 g/mol. The Morgan fingerprint density at radius 1 is 0.970 bits per heavy atom. The molecule has 1 heterocycles. The largest absolute Gasteiger partial charge is 0.497 e. The smallest absolute Gasteiger partial charge is 0.336 e. The monoisotopic (exact) mass is 464 g/mol. The van der Waals surface area contributed by atoms with Crippen LogP contribution in [0.4, 0.5) is 11.4 Å². The van der Waals surface area contributed by atoms with Crippen LogP contribution in [0, 0.1) is 0 Å². The highest BCUT2D eigenvalue weighted by Crippen LogP contribution is 2.28. The lowest BCUT2D eigenvalue weighted by atomic mass is 10.1. The first-order valence-corrected chi connectivity index (χ1v) is 11.3. The zero-order valence-electron chi connectivity index (χ0n) is 17.8. The molecule has 0 atom stereocenters. The van der Waals surface area contributed by atoms with Gasteiger partial charge < -0.3 is 14.5 Å². The molecule has 0 fully saturated rings. The van der Waals surface area contributed by atoms with Crippen molar-refractivity contribution in [3.63, 3.8) is 0 Å². The van der Waals surface area contributed by atoms with Gasteiger partial charge in [0.05, 0.1) is 23.3 Å². The van der Waals surface area contributed by atoms with Gasteiger partial charge in [-0.05, 0) is 60.7 Å². The number of nitrogens with zero attached hydrogens (tertiary/aromatic N) is 1. The van der Waals surface area contributed by atoms with Gasteiger partial charge in [-0.25, -0.2) is 13.2 Å². The first-order chi connectivity index (χ1) is 15.8. The highest BCUT2D eigenvalue weighted by atomic mass is 32.2. The predicted octanol–water partition coefficient (Wildman–Crippen LogP) is 3.88. The Labute approximate surface area is 190 Å². The van der Waals surface area contributed by atoms with Crippen molar-refractivity contribution in [3.05, 3.63) is 94.8 Å². The molecule has 0 radical (unpaired) electrons. The molecule has 0 saturated heterocycles. The predicted molar refractivity (Wildman–Crippen MR) is 125 cm³/mol. The van der Waals surface area contributed by atoms with E-state index in [-0.39, 0.29) is 21.7 Å². The number of nitrogens with one attached hydrogen (secondary N) is 1. The lowest BCUT2D eigenvalue weighted by Crippen LogP contribution is -2.29. The molecule has 168 valence electrons. The van der Waals surface area contributed by atoms with E-state index in [1.54, 1.807) is 55.6 Å². The van der Waals surface area contributed by atoms with Crippen LogP contribution in [-0.2, 0) is 10.0 Å². The fourth-order valence-electron chi connectivity index (χ4n) is 3.31. The maximum Gasteiger partial charge on any atom is 0.336 e. The third kappa shape index (κ3) is 4.44. The van der Waals surface area contributed by atoms with Gasteiger partial charge in [0, 0.05) is 24.2 Å². The summed E-state index contributed by atoms with van der Waals surface area (Å²) >= 11 is 0. The summed E-state index contributed by atoms with van der Waals surface area (Å²) in [6.45, 7) is 0. The molecule has 0 bridgehead atoms. The normalized spacial score (nSPS) is 11.2. The molecule has 0 aliphatic heterocycles. The van der Waals surface area contributed by atoms with Crippen LogP contribution in [0.5, 0.6) is 5.75 Å². The topological polar surface area (TPSA) is 106 Å². The fraction of sp³-hybridized carbons (Fsp3) is 0.0833.